The Balaban J connectivity index is 0.00000300. The van der Waals surface area contributed by atoms with E-state index in [1.54, 1.807) is 31.4 Å². The minimum Gasteiger partial charge on any atom is -0.497 e. The van der Waals surface area contributed by atoms with Crippen LogP contribution in [-0.4, -0.2) is 50.2 Å². The number of hydrogen-bond donors (Lipinski definition) is 1. The van der Waals surface area contributed by atoms with Crippen LogP contribution < -0.4 is 14.8 Å². The molecule has 2 aromatic carbocycles. The molecule has 1 aliphatic heterocycles. The van der Waals surface area contributed by atoms with Crippen LogP contribution in [0, 0.1) is 0 Å². The molecule has 0 bridgehead atoms. The number of halogens is 3. The summed E-state index contributed by atoms with van der Waals surface area (Å²) in [4.78, 5) is 14.6. The normalized spacial score (nSPS) is 14.7. The van der Waals surface area contributed by atoms with Crippen LogP contribution in [0.1, 0.15) is 23.2 Å². The van der Waals surface area contributed by atoms with Gasteiger partial charge in [0.1, 0.15) is 17.6 Å². The van der Waals surface area contributed by atoms with Crippen LogP contribution in [0.4, 0.5) is 0 Å². The van der Waals surface area contributed by atoms with Gasteiger partial charge in [0.25, 0.3) is 5.91 Å². The van der Waals surface area contributed by atoms with Crippen LogP contribution in [0.25, 0.3) is 0 Å². The van der Waals surface area contributed by atoms with Gasteiger partial charge in [-0.3, -0.25) is 4.79 Å². The van der Waals surface area contributed by atoms with Gasteiger partial charge in [0.2, 0.25) is 0 Å². The highest BCUT2D eigenvalue weighted by Crippen LogP contribution is 2.28. The number of amides is 1. The van der Waals surface area contributed by atoms with E-state index in [1.807, 2.05) is 18.2 Å². The standard InChI is InChI=1S/C21H24Cl2N2O3.ClH/c1-27-17-4-2-3-15(13-17)21(26)24-9-12-25-10-7-16(8-11-25)28-18-5-6-19(22)20(23)14-18;/h2-6,13-14,16H,7-12H2,1H3,(H,24,26);1H. The lowest BCUT2D eigenvalue weighted by Gasteiger charge is -2.32. The summed E-state index contributed by atoms with van der Waals surface area (Å²) in [7, 11) is 1.59. The van der Waals surface area contributed by atoms with E-state index in [1.165, 1.54) is 0 Å². The summed E-state index contributed by atoms with van der Waals surface area (Å²) < 4.78 is 11.2. The molecule has 2 aromatic rings. The largest absolute Gasteiger partial charge is 0.497 e. The SMILES string of the molecule is COc1cccc(C(=O)NCCN2CCC(Oc3ccc(Cl)c(Cl)c3)CC2)c1.Cl. The van der Waals surface area contributed by atoms with E-state index < -0.39 is 0 Å². The zero-order valence-corrected chi connectivity index (χ0v) is 18.5. The Morgan fingerprint density at radius 3 is 2.55 bits per heavy atom. The number of benzene rings is 2. The first-order valence-corrected chi connectivity index (χ1v) is 10.1. The number of methoxy groups -OCH3 is 1. The molecular weight excluding hydrogens is 435 g/mol. The van der Waals surface area contributed by atoms with Gasteiger partial charge >= 0.3 is 0 Å². The number of nitrogens with one attached hydrogen (secondary N) is 1. The van der Waals surface area contributed by atoms with Gasteiger partial charge in [0.05, 0.1) is 17.2 Å². The van der Waals surface area contributed by atoms with Gasteiger partial charge in [-0.15, -0.1) is 12.4 Å². The molecule has 1 saturated heterocycles. The minimum absolute atomic E-state index is 0. The Hall–Kier alpha value is -1.66. The summed E-state index contributed by atoms with van der Waals surface area (Å²) in [6.45, 7) is 3.28. The molecule has 1 amide bonds. The van der Waals surface area contributed by atoms with E-state index in [-0.39, 0.29) is 24.4 Å². The molecule has 8 heteroatoms. The van der Waals surface area contributed by atoms with E-state index >= 15 is 0 Å². The number of hydrogen-bond acceptors (Lipinski definition) is 4. The molecule has 0 aromatic heterocycles. The summed E-state index contributed by atoms with van der Waals surface area (Å²) in [5, 5.41) is 4.00. The first-order chi connectivity index (χ1) is 13.5. The highest BCUT2D eigenvalue weighted by atomic mass is 35.5. The molecule has 0 radical (unpaired) electrons. The van der Waals surface area contributed by atoms with Crippen LogP contribution in [0.15, 0.2) is 42.5 Å². The predicted octanol–water partition coefficient (Wildman–Crippen LogP) is 4.70. The monoisotopic (exact) mass is 458 g/mol. The maximum absolute atomic E-state index is 12.2. The van der Waals surface area contributed by atoms with Crippen molar-refractivity contribution >= 4 is 41.5 Å². The number of rotatable bonds is 7. The smallest absolute Gasteiger partial charge is 0.251 e. The van der Waals surface area contributed by atoms with Crippen LogP contribution in [0.3, 0.4) is 0 Å². The molecule has 5 nitrogen and oxygen atoms in total. The number of ether oxygens (including phenoxy) is 2. The van der Waals surface area contributed by atoms with Crippen molar-refractivity contribution in [2.45, 2.75) is 18.9 Å². The van der Waals surface area contributed by atoms with Gasteiger partial charge in [-0.2, -0.15) is 0 Å². The fourth-order valence-corrected chi connectivity index (χ4v) is 3.48. The number of piperidine rings is 1. The van der Waals surface area contributed by atoms with Gasteiger partial charge in [0.15, 0.2) is 0 Å². The van der Waals surface area contributed by atoms with E-state index in [4.69, 9.17) is 32.7 Å². The summed E-state index contributed by atoms with van der Waals surface area (Å²) in [6.07, 6.45) is 2.04. The van der Waals surface area contributed by atoms with Crippen molar-refractivity contribution in [1.82, 2.24) is 10.2 Å². The highest BCUT2D eigenvalue weighted by molar-refractivity contribution is 6.42. The second-order valence-electron chi connectivity index (χ2n) is 6.72. The average molecular weight is 460 g/mol. The zero-order chi connectivity index (χ0) is 19.9. The van der Waals surface area contributed by atoms with Crippen molar-refractivity contribution in [1.29, 1.82) is 0 Å². The third-order valence-electron chi connectivity index (χ3n) is 4.77. The second-order valence-corrected chi connectivity index (χ2v) is 7.54. The number of nitrogens with zero attached hydrogens (tertiary/aromatic N) is 1. The van der Waals surface area contributed by atoms with Crippen LogP contribution in [-0.2, 0) is 0 Å². The van der Waals surface area contributed by atoms with Gasteiger partial charge in [-0.1, -0.05) is 29.3 Å². The first-order valence-electron chi connectivity index (χ1n) is 9.31. The van der Waals surface area contributed by atoms with E-state index in [2.05, 4.69) is 10.2 Å². The molecular formula is C21H25Cl3N2O3. The maximum atomic E-state index is 12.2. The zero-order valence-electron chi connectivity index (χ0n) is 16.2. The fourth-order valence-electron chi connectivity index (χ4n) is 3.19. The molecule has 158 valence electrons. The number of carbonyl (C=O) groups excluding carboxylic acids is 1. The van der Waals surface area contributed by atoms with Crippen molar-refractivity contribution in [3.05, 3.63) is 58.1 Å². The summed E-state index contributed by atoms with van der Waals surface area (Å²) in [5.74, 6) is 1.34. The van der Waals surface area contributed by atoms with Crippen LogP contribution >= 0.6 is 35.6 Å². The van der Waals surface area contributed by atoms with Crippen LogP contribution in [0.2, 0.25) is 10.0 Å². The Morgan fingerprint density at radius 1 is 1.10 bits per heavy atom. The molecule has 1 heterocycles. The number of likely N-dealkylation sites (tertiary alicyclic amines) is 1. The molecule has 1 fully saturated rings. The molecule has 0 saturated carbocycles. The van der Waals surface area contributed by atoms with E-state index in [9.17, 15) is 4.79 Å². The van der Waals surface area contributed by atoms with Gasteiger partial charge in [0, 0.05) is 37.8 Å². The summed E-state index contributed by atoms with van der Waals surface area (Å²) in [5.41, 5.74) is 0.605. The molecule has 0 unspecified atom stereocenters. The Morgan fingerprint density at radius 2 is 1.86 bits per heavy atom. The summed E-state index contributed by atoms with van der Waals surface area (Å²) in [6, 6.07) is 12.5. The topological polar surface area (TPSA) is 50.8 Å². The van der Waals surface area contributed by atoms with Crippen molar-refractivity contribution in [2.75, 3.05) is 33.3 Å². The molecule has 29 heavy (non-hydrogen) atoms. The third-order valence-corrected chi connectivity index (χ3v) is 5.51. The quantitative estimate of drug-likeness (QED) is 0.652. The van der Waals surface area contributed by atoms with Crippen molar-refractivity contribution in [3.63, 3.8) is 0 Å². The third kappa shape index (κ3) is 6.96. The lowest BCUT2D eigenvalue weighted by atomic mass is 10.1. The van der Waals surface area contributed by atoms with Crippen LogP contribution in [0.5, 0.6) is 11.5 Å². The molecule has 1 aliphatic rings. The lowest BCUT2D eigenvalue weighted by Crippen LogP contribution is -2.42. The highest BCUT2D eigenvalue weighted by Gasteiger charge is 2.20. The van der Waals surface area contributed by atoms with Crippen molar-refractivity contribution in [2.24, 2.45) is 0 Å². The molecule has 0 atom stereocenters. The van der Waals surface area contributed by atoms with Gasteiger partial charge < -0.3 is 19.7 Å². The van der Waals surface area contributed by atoms with Crippen molar-refractivity contribution < 1.29 is 14.3 Å². The molecule has 0 aliphatic carbocycles. The molecule has 0 spiro atoms. The lowest BCUT2D eigenvalue weighted by molar-refractivity contribution is 0.0905. The minimum atomic E-state index is -0.0864. The molecule has 1 N–H and O–H groups in total. The molecule has 3 rings (SSSR count). The fraction of sp³-hybridized carbons (Fsp3) is 0.381. The predicted molar refractivity (Wildman–Crippen MR) is 119 cm³/mol. The number of carbonyl (C=O) groups is 1. The van der Waals surface area contributed by atoms with Gasteiger partial charge in [-0.05, 0) is 43.2 Å². The Kier molecular flexibility index (Phi) is 9.37. The second kappa shape index (κ2) is 11.5. The van der Waals surface area contributed by atoms with Gasteiger partial charge in [-0.25, -0.2) is 0 Å². The maximum Gasteiger partial charge on any atom is 0.251 e. The van der Waals surface area contributed by atoms with E-state index in [0.29, 0.717) is 27.9 Å². The summed E-state index contributed by atoms with van der Waals surface area (Å²) >= 11 is 12.0. The Bertz CT molecular complexity index is 812. The Labute approximate surface area is 187 Å². The van der Waals surface area contributed by atoms with Crippen molar-refractivity contribution in [3.8, 4) is 11.5 Å². The average Bonchev–Trinajstić information content (AvgIpc) is 2.72. The van der Waals surface area contributed by atoms with E-state index in [0.717, 1.165) is 38.2 Å². The first kappa shape index (κ1) is 23.6.